The van der Waals surface area contributed by atoms with Crippen LogP contribution in [0.3, 0.4) is 0 Å². The van der Waals surface area contributed by atoms with Crippen LogP contribution in [0, 0.1) is 30.6 Å². The molecule has 0 heterocycles. The van der Waals surface area contributed by atoms with Crippen LogP contribution < -0.4 is 14.8 Å². The van der Waals surface area contributed by atoms with Crippen LogP contribution >= 0.6 is 0 Å². The second-order valence-electron chi connectivity index (χ2n) is 12.0. The minimum Gasteiger partial charge on any atom is -0.486 e. The normalized spacial score (nSPS) is 17.9. The molecule has 232 valence electrons. The van der Waals surface area contributed by atoms with E-state index in [-0.39, 0.29) is 54.7 Å². The second kappa shape index (κ2) is 16.0. The standard InChI is InChI=1S/C34H43NO8/c1-21(2)17-27(19-28(37)20-42-31-8-6-5-7-22(31)3)32(38)35-30(33(39)40)18-24-9-15-29(16-10-24)43-34(41)26-13-11-25(12-14-26)23(4)36/h5-10,15-16,21,25-27,30H,11-14,17-20H2,1-4H3,(H,35,38)(H,39,40)/t25?,26?,27-,30+/m1/s1. The molecule has 1 saturated carbocycles. The van der Waals surface area contributed by atoms with E-state index in [9.17, 15) is 29.1 Å². The fourth-order valence-corrected chi connectivity index (χ4v) is 5.42. The van der Waals surface area contributed by atoms with Gasteiger partial charge >= 0.3 is 11.9 Å². The van der Waals surface area contributed by atoms with Crippen LogP contribution in [0.15, 0.2) is 48.5 Å². The number of amides is 1. The lowest BCUT2D eigenvalue weighted by Gasteiger charge is -2.25. The Bertz CT molecular complexity index is 1280. The molecule has 1 aliphatic rings. The molecule has 9 nitrogen and oxygen atoms in total. The Morgan fingerprint density at radius 2 is 1.56 bits per heavy atom. The summed E-state index contributed by atoms with van der Waals surface area (Å²) in [5, 5.41) is 12.5. The van der Waals surface area contributed by atoms with Crippen LogP contribution in [0.2, 0.25) is 0 Å². The molecule has 1 amide bonds. The van der Waals surface area contributed by atoms with E-state index in [1.54, 1.807) is 37.3 Å². The van der Waals surface area contributed by atoms with Gasteiger partial charge in [0.05, 0.1) is 5.92 Å². The summed E-state index contributed by atoms with van der Waals surface area (Å²) < 4.78 is 11.2. The SMILES string of the molecule is CC(=O)C1CCC(C(=O)Oc2ccc(C[C@H](NC(=O)[C@@H](CC(=O)COc3ccccc3C)CC(C)C)C(=O)O)cc2)CC1. The number of para-hydroxylation sites is 1. The molecular formula is C34H43NO8. The average Bonchev–Trinajstić information content (AvgIpc) is 2.96. The fourth-order valence-electron chi connectivity index (χ4n) is 5.42. The lowest BCUT2D eigenvalue weighted by molar-refractivity contribution is -0.142. The van der Waals surface area contributed by atoms with Crippen LogP contribution in [0.4, 0.5) is 0 Å². The highest BCUT2D eigenvalue weighted by atomic mass is 16.5. The van der Waals surface area contributed by atoms with Crippen molar-refractivity contribution in [3.05, 3.63) is 59.7 Å². The summed E-state index contributed by atoms with van der Waals surface area (Å²) in [6.07, 6.45) is 2.98. The lowest BCUT2D eigenvalue weighted by atomic mass is 9.80. The first-order valence-corrected chi connectivity index (χ1v) is 15.0. The number of carbonyl (C=O) groups is 5. The van der Waals surface area contributed by atoms with Crippen LogP contribution in [-0.2, 0) is 30.4 Å². The Labute approximate surface area is 253 Å². The van der Waals surface area contributed by atoms with Gasteiger partial charge in [0.2, 0.25) is 5.91 Å². The van der Waals surface area contributed by atoms with Crippen molar-refractivity contribution in [2.45, 2.75) is 78.7 Å². The van der Waals surface area contributed by atoms with Crippen LogP contribution in [0.5, 0.6) is 11.5 Å². The van der Waals surface area contributed by atoms with Crippen molar-refractivity contribution in [1.82, 2.24) is 5.32 Å². The zero-order valence-corrected chi connectivity index (χ0v) is 25.5. The number of carbonyl (C=O) groups excluding carboxylic acids is 4. The molecule has 1 fully saturated rings. The summed E-state index contributed by atoms with van der Waals surface area (Å²) in [6.45, 7) is 7.17. The van der Waals surface area contributed by atoms with Crippen LogP contribution in [-0.4, -0.2) is 47.2 Å². The Morgan fingerprint density at radius 3 is 2.14 bits per heavy atom. The summed E-state index contributed by atoms with van der Waals surface area (Å²) in [6, 6.07) is 12.7. The zero-order valence-electron chi connectivity index (χ0n) is 25.5. The van der Waals surface area contributed by atoms with Gasteiger partial charge in [-0.05, 0) is 81.2 Å². The van der Waals surface area contributed by atoms with Crippen molar-refractivity contribution < 1.29 is 38.6 Å². The predicted molar refractivity (Wildman–Crippen MR) is 161 cm³/mol. The fraction of sp³-hybridized carbons (Fsp3) is 0.500. The highest BCUT2D eigenvalue weighted by molar-refractivity contribution is 5.90. The van der Waals surface area contributed by atoms with Crippen molar-refractivity contribution in [3.8, 4) is 11.5 Å². The summed E-state index contributed by atoms with van der Waals surface area (Å²) in [5.41, 5.74) is 1.54. The molecule has 9 heteroatoms. The lowest BCUT2D eigenvalue weighted by Crippen LogP contribution is -2.45. The largest absolute Gasteiger partial charge is 0.486 e. The van der Waals surface area contributed by atoms with Gasteiger partial charge < -0.3 is 19.9 Å². The molecular weight excluding hydrogens is 550 g/mol. The number of rotatable bonds is 15. The Hall–Kier alpha value is -4.01. The molecule has 0 bridgehead atoms. The summed E-state index contributed by atoms with van der Waals surface area (Å²) >= 11 is 0. The third-order valence-corrected chi connectivity index (χ3v) is 7.91. The number of hydrogen-bond donors (Lipinski definition) is 2. The quantitative estimate of drug-likeness (QED) is 0.215. The Morgan fingerprint density at radius 1 is 0.930 bits per heavy atom. The van der Waals surface area contributed by atoms with E-state index in [1.165, 1.54) is 0 Å². The summed E-state index contributed by atoms with van der Waals surface area (Å²) in [7, 11) is 0. The van der Waals surface area contributed by atoms with Gasteiger partial charge in [-0.3, -0.25) is 19.2 Å². The van der Waals surface area contributed by atoms with Crippen molar-refractivity contribution in [2.75, 3.05) is 6.61 Å². The minimum absolute atomic E-state index is 0.0170. The van der Waals surface area contributed by atoms with Crippen LogP contribution in [0.1, 0.15) is 70.4 Å². The van der Waals surface area contributed by atoms with Gasteiger partial charge in [0, 0.05) is 24.7 Å². The third kappa shape index (κ3) is 10.6. The number of nitrogens with one attached hydrogen (secondary N) is 1. The van der Waals surface area contributed by atoms with E-state index in [0.717, 1.165) is 5.56 Å². The van der Waals surface area contributed by atoms with Crippen LogP contribution in [0.25, 0.3) is 0 Å². The van der Waals surface area contributed by atoms with Crippen molar-refractivity contribution in [3.63, 3.8) is 0 Å². The number of aliphatic carboxylic acids is 1. The molecule has 0 saturated heterocycles. The Kier molecular flexibility index (Phi) is 12.5. The van der Waals surface area contributed by atoms with Gasteiger partial charge in [-0.2, -0.15) is 0 Å². The molecule has 2 aromatic rings. The highest BCUT2D eigenvalue weighted by Gasteiger charge is 2.30. The van der Waals surface area contributed by atoms with Gasteiger partial charge in [0.25, 0.3) is 0 Å². The Balaban J connectivity index is 1.55. The maximum Gasteiger partial charge on any atom is 0.326 e. The highest BCUT2D eigenvalue weighted by Crippen LogP contribution is 2.30. The molecule has 0 aliphatic heterocycles. The van der Waals surface area contributed by atoms with Crippen molar-refractivity contribution in [2.24, 2.45) is 23.7 Å². The van der Waals surface area contributed by atoms with E-state index >= 15 is 0 Å². The zero-order chi connectivity index (χ0) is 31.5. The predicted octanol–water partition coefficient (Wildman–Crippen LogP) is 5.11. The monoisotopic (exact) mass is 593 g/mol. The smallest absolute Gasteiger partial charge is 0.326 e. The molecule has 1 aliphatic carbocycles. The first kappa shape index (κ1) is 33.5. The number of esters is 1. The number of hydrogen-bond acceptors (Lipinski definition) is 7. The number of carboxylic acid groups (broad SMARTS) is 1. The molecule has 43 heavy (non-hydrogen) atoms. The minimum atomic E-state index is -1.20. The molecule has 2 aromatic carbocycles. The topological polar surface area (TPSA) is 136 Å². The molecule has 0 spiro atoms. The first-order chi connectivity index (χ1) is 20.4. The molecule has 2 N–H and O–H groups in total. The number of ketones is 2. The van der Waals surface area contributed by atoms with Crippen molar-refractivity contribution >= 4 is 29.4 Å². The number of aryl methyl sites for hydroxylation is 1. The van der Waals surface area contributed by atoms with Crippen molar-refractivity contribution in [1.29, 1.82) is 0 Å². The average molecular weight is 594 g/mol. The van der Waals surface area contributed by atoms with Gasteiger partial charge in [-0.25, -0.2) is 4.79 Å². The number of benzene rings is 2. The van der Waals surface area contributed by atoms with Gasteiger partial charge in [0.1, 0.15) is 29.9 Å². The summed E-state index contributed by atoms with van der Waals surface area (Å²) in [5.74, 6) is -1.96. The molecule has 0 unspecified atom stereocenters. The van der Waals surface area contributed by atoms with E-state index in [2.05, 4.69) is 5.32 Å². The molecule has 3 rings (SSSR count). The maximum absolute atomic E-state index is 13.2. The first-order valence-electron chi connectivity index (χ1n) is 15.0. The van der Waals surface area contributed by atoms with Gasteiger partial charge in [-0.1, -0.05) is 44.2 Å². The second-order valence-corrected chi connectivity index (χ2v) is 12.0. The van der Waals surface area contributed by atoms with Gasteiger partial charge in [-0.15, -0.1) is 0 Å². The van der Waals surface area contributed by atoms with E-state index in [1.807, 2.05) is 39.0 Å². The number of carboxylic acids is 1. The third-order valence-electron chi connectivity index (χ3n) is 7.91. The molecule has 0 aromatic heterocycles. The number of ether oxygens (including phenoxy) is 2. The van der Waals surface area contributed by atoms with E-state index in [4.69, 9.17) is 9.47 Å². The van der Waals surface area contributed by atoms with Gasteiger partial charge in [0.15, 0.2) is 5.78 Å². The maximum atomic E-state index is 13.2. The molecule has 0 radical (unpaired) electrons. The van der Waals surface area contributed by atoms with E-state index < -0.39 is 23.8 Å². The number of Topliss-reactive ketones (excluding diaryl/α,β-unsaturated/α-hetero) is 2. The van der Waals surface area contributed by atoms with E-state index in [0.29, 0.717) is 49.2 Å². The molecule has 2 atom stereocenters. The summed E-state index contributed by atoms with van der Waals surface area (Å²) in [4.78, 5) is 62.1.